The first-order valence-corrected chi connectivity index (χ1v) is 22.1. The summed E-state index contributed by atoms with van der Waals surface area (Å²) in [4.78, 5) is 74.2. The average molecular weight is 859 g/mol. The van der Waals surface area contributed by atoms with E-state index in [0.717, 1.165) is 57.8 Å². The van der Waals surface area contributed by atoms with Crippen LogP contribution in [0.1, 0.15) is 135 Å². The molecule has 0 aromatic carbocycles. The highest BCUT2D eigenvalue weighted by molar-refractivity contribution is 5.84. The molecule has 0 bridgehead atoms. The quantitative estimate of drug-likeness (QED) is 0.0343. The topological polar surface area (TPSA) is 266 Å². The van der Waals surface area contributed by atoms with E-state index in [1.807, 2.05) is 0 Å². The monoisotopic (exact) mass is 859 g/mol. The summed E-state index contributed by atoms with van der Waals surface area (Å²) in [6.07, 6.45) is 19.8. The number of carbonyl (C=O) groups excluding carboxylic acids is 4. The number of nitrogens with one attached hydrogen (secondary N) is 4. The largest absolute Gasteiger partial charge is 0.481 e. The molecule has 0 radical (unpaired) electrons. The first kappa shape index (κ1) is 56.3. The SMILES string of the molecule is C/N=C\C(N)CCCCNC(=O)COCCOCCNC(=O)COCCOCCNC(=O)CC[C@H](NC(=O)CCCCCCCCCCCCCCCCC(=O)O)C(=O)O. The molecule has 0 aromatic rings. The number of aliphatic imine (C=N–C) groups is 1. The minimum absolute atomic E-state index is 0.0227. The summed E-state index contributed by atoms with van der Waals surface area (Å²) in [7, 11) is 1.69. The van der Waals surface area contributed by atoms with Gasteiger partial charge in [-0.1, -0.05) is 77.0 Å². The number of carbonyl (C=O) groups is 6. The molecule has 0 heterocycles. The van der Waals surface area contributed by atoms with E-state index < -0.39 is 18.0 Å². The molecular formula is C42H78N6O12. The van der Waals surface area contributed by atoms with Crippen LogP contribution in [0.4, 0.5) is 0 Å². The van der Waals surface area contributed by atoms with Crippen molar-refractivity contribution in [2.45, 2.75) is 147 Å². The molecule has 0 aliphatic rings. The van der Waals surface area contributed by atoms with Crippen LogP contribution >= 0.6 is 0 Å². The summed E-state index contributed by atoms with van der Waals surface area (Å²) < 4.78 is 21.3. The molecule has 2 atom stereocenters. The van der Waals surface area contributed by atoms with E-state index in [1.54, 1.807) is 13.3 Å². The fourth-order valence-electron chi connectivity index (χ4n) is 5.97. The lowest BCUT2D eigenvalue weighted by molar-refractivity contribution is -0.142. The Bertz CT molecular complexity index is 1160. The Hall–Kier alpha value is -3.71. The summed E-state index contributed by atoms with van der Waals surface area (Å²) in [5, 5.41) is 28.8. The van der Waals surface area contributed by atoms with Crippen molar-refractivity contribution < 1.29 is 57.9 Å². The maximum absolute atomic E-state index is 12.3. The van der Waals surface area contributed by atoms with Crippen molar-refractivity contribution in [1.29, 1.82) is 0 Å². The zero-order valence-electron chi connectivity index (χ0n) is 36.4. The lowest BCUT2D eigenvalue weighted by atomic mass is 10.0. The first-order chi connectivity index (χ1) is 29.0. The van der Waals surface area contributed by atoms with Gasteiger partial charge in [-0.15, -0.1) is 0 Å². The highest BCUT2D eigenvalue weighted by atomic mass is 16.5. The summed E-state index contributed by atoms with van der Waals surface area (Å²) >= 11 is 0. The Morgan fingerprint density at radius 1 is 0.517 bits per heavy atom. The van der Waals surface area contributed by atoms with Crippen LogP contribution in [0.3, 0.4) is 0 Å². The van der Waals surface area contributed by atoms with E-state index in [1.165, 1.54) is 44.9 Å². The summed E-state index contributed by atoms with van der Waals surface area (Å²) in [6.45, 7) is 2.26. The average Bonchev–Trinajstić information content (AvgIpc) is 3.20. The van der Waals surface area contributed by atoms with Crippen molar-refractivity contribution in [3.8, 4) is 0 Å². The van der Waals surface area contributed by atoms with Crippen LogP contribution in [0.2, 0.25) is 0 Å². The van der Waals surface area contributed by atoms with Crippen molar-refractivity contribution in [3.05, 3.63) is 0 Å². The molecule has 0 saturated heterocycles. The van der Waals surface area contributed by atoms with E-state index in [0.29, 0.717) is 13.0 Å². The number of hydrogen-bond donors (Lipinski definition) is 7. The van der Waals surface area contributed by atoms with Crippen molar-refractivity contribution in [1.82, 2.24) is 21.3 Å². The summed E-state index contributed by atoms with van der Waals surface area (Å²) in [5.41, 5.74) is 5.84. The zero-order chi connectivity index (χ0) is 44.3. The lowest BCUT2D eigenvalue weighted by Gasteiger charge is -2.14. The van der Waals surface area contributed by atoms with E-state index in [-0.39, 0.29) is 121 Å². The molecule has 0 spiro atoms. The fourth-order valence-corrected chi connectivity index (χ4v) is 5.97. The molecular weight excluding hydrogens is 780 g/mol. The van der Waals surface area contributed by atoms with Crippen LogP contribution in [0, 0.1) is 0 Å². The van der Waals surface area contributed by atoms with Crippen LogP contribution in [0.25, 0.3) is 0 Å². The van der Waals surface area contributed by atoms with E-state index >= 15 is 0 Å². The van der Waals surface area contributed by atoms with E-state index in [4.69, 9.17) is 29.8 Å². The second-order valence-corrected chi connectivity index (χ2v) is 14.8. The molecule has 0 aliphatic heterocycles. The molecule has 60 heavy (non-hydrogen) atoms. The zero-order valence-corrected chi connectivity index (χ0v) is 36.4. The molecule has 4 amide bonds. The van der Waals surface area contributed by atoms with Gasteiger partial charge >= 0.3 is 11.9 Å². The minimum atomic E-state index is -1.18. The fraction of sp³-hybridized carbons (Fsp3) is 0.833. The van der Waals surface area contributed by atoms with Gasteiger partial charge in [-0.2, -0.15) is 0 Å². The van der Waals surface area contributed by atoms with Gasteiger partial charge in [-0.05, 0) is 38.5 Å². The number of carboxylic acids is 2. The van der Waals surface area contributed by atoms with Crippen LogP contribution in [-0.4, -0.2) is 144 Å². The number of hydrogen-bond acceptors (Lipinski definition) is 12. The molecule has 8 N–H and O–H groups in total. The Morgan fingerprint density at radius 2 is 0.967 bits per heavy atom. The van der Waals surface area contributed by atoms with Gasteiger partial charge in [-0.3, -0.25) is 29.0 Å². The predicted octanol–water partition coefficient (Wildman–Crippen LogP) is 3.28. The number of unbranched alkanes of at least 4 members (excludes halogenated alkanes) is 14. The molecule has 348 valence electrons. The van der Waals surface area contributed by atoms with Crippen molar-refractivity contribution >= 4 is 41.8 Å². The molecule has 0 saturated carbocycles. The van der Waals surface area contributed by atoms with Gasteiger partial charge in [0, 0.05) is 58.2 Å². The Labute approximate surface area is 357 Å². The Balaban J connectivity index is 3.64. The molecule has 0 rings (SSSR count). The smallest absolute Gasteiger partial charge is 0.326 e. The van der Waals surface area contributed by atoms with Gasteiger partial charge in [0.1, 0.15) is 19.3 Å². The van der Waals surface area contributed by atoms with Gasteiger partial charge in [0.25, 0.3) is 0 Å². The molecule has 0 aromatic heterocycles. The first-order valence-electron chi connectivity index (χ1n) is 22.1. The number of nitrogens with two attached hydrogens (primary N) is 1. The maximum atomic E-state index is 12.3. The summed E-state index contributed by atoms with van der Waals surface area (Å²) in [6, 6.07) is -1.20. The van der Waals surface area contributed by atoms with Gasteiger partial charge in [-0.25, -0.2) is 4.79 Å². The number of ether oxygens (including phenoxy) is 4. The van der Waals surface area contributed by atoms with Crippen LogP contribution in [0.15, 0.2) is 4.99 Å². The van der Waals surface area contributed by atoms with Gasteiger partial charge in [0.05, 0.1) is 39.6 Å². The van der Waals surface area contributed by atoms with Crippen LogP contribution < -0.4 is 27.0 Å². The number of carboxylic acid groups (broad SMARTS) is 2. The predicted molar refractivity (Wildman–Crippen MR) is 229 cm³/mol. The van der Waals surface area contributed by atoms with Crippen molar-refractivity contribution in [2.75, 3.05) is 79.5 Å². The van der Waals surface area contributed by atoms with E-state index in [9.17, 15) is 33.9 Å². The second kappa shape index (κ2) is 42.0. The Morgan fingerprint density at radius 3 is 1.45 bits per heavy atom. The van der Waals surface area contributed by atoms with Crippen LogP contribution in [-0.2, 0) is 47.7 Å². The molecule has 18 nitrogen and oxygen atoms in total. The third kappa shape index (κ3) is 41.0. The molecule has 18 heteroatoms. The molecule has 1 unspecified atom stereocenters. The number of rotatable bonds is 44. The lowest BCUT2D eigenvalue weighted by Crippen LogP contribution is -2.41. The summed E-state index contributed by atoms with van der Waals surface area (Å²) in [5.74, 6) is -3.07. The van der Waals surface area contributed by atoms with Crippen molar-refractivity contribution in [2.24, 2.45) is 10.7 Å². The molecule has 0 fully saturated rings. The van der Waals surface area contributed by atoms with E-state index in [2.05, 4.69) is 26.3 Å². The highest BCUT2D eigenvalue weighted by Crippen LogP contribution is 2.14. The number of amides is 4. The van der Waals surface area contributed by atoms with Gasteiger partial charge < -0.3 is 56.2 Å². The third-order valence-corrected chi connectivity index (χ3v) is 9.31. The highest BCUT2D eigenvalue weighted by Gasteiger charge is 2.20. The normalized spacial score (nSPS) is 12.2. The van der Waals surface area contributed by atoms with Gasteiger partial charge in [0.15, 0.2) is 0 Å². The number of nitrogens with zero attached hydrogens (tertiary/aromatic N) is 1. The Kier molecular flexibility index (Phi) is 39.4. The standard InChI is InChI=1S/C42H78N6O12/c1-44-32-35(43)18-16-17-23-45-39(51)33-59-30-29-58-27-25-47-40(52)34-60-31-28-57-26-24-46-37(49)22-21-36(42(55)56)48-38(50)19-14-12-10-8-6-4-2-3-5-7-9-11-13-15-20-41(53)54/h32,35-36H,2-31,33-34,43H2,1H3,(H,45,51)(H,46,49)(H,47,52)(H,48,50)(H,53,54)(H,55,56)/b44-32-/t35?,36-/m0/s1. The van der Waals surface area contributed by atoms with Crippen molar-refractivity contribution in [3.63, 3.8) is 0 Å². The second-order valence-electron chi connectivity index (χ2n) is 14.8. The minimum Gasteiger partial charge on any atom is -0.481 e. The maximum Gasteiger partial charge on any atom is 0.326 e. The molecule has 0 aliphatic carbocycles. The van der Waals surface area contributed by atoms with Gasteiger partial charge in [0.2, 0.25) is 23.6 Å². The number of aliphatic carboxylic acids is 2. The van der Waals surface area contributed by atoms with Crippen LogP contribution in [0.5, 0.6) is 0 Å². The third-order valence-electron chi connectivity index (χ3n) is 9.31.